The van der Waals surface area contributed by atoms with Gasteiger partial charge >= 0.3 is 0 Å². The molecule has 2 aromatic carbocycles. The number of carbonyl (C=O) groups is 1. The molecule has 0 bridgehead atoms. The molecule has 5 heteroatoms. The Balaban J connectivity index is 1.81. The number of para-hydroxylation sites is 3. The lowest BCUT2D eigenvalue weighted by atomic mass is 10.2. The van der Waals surface area contributed by atoms with Gasteiger partial charge in [0.25, 0.3) is 5.91 Å². The number of hydrogen-bond donors (Lipinski definition) is 1. The van der Waals surface area contributed by atoms with Gasteiger partial charge in [-0.3, -0.25) is 9.78 Å². The molecule has 0 saturated heterocycles. The molecule has 3 aromatic rings. The molecule has 0 aliphatic carbocycles. The number of anilines is 1. The first-order valence-corrected chi connectivity index (χ1v) is 7.22. The molecule has 0 saturated carbocycles. The molecule has 1 aromatic heterocycles. The predicted octanol–water partition coefficient (Wildman–Crippen LogP) is 4.19. The third-order valence-corrected chi connectivity index (χ3v) is 3.53. The lowest BCUT2D eigenvalue weighted by molar-refractivity contribution is 0.103. The summed E-state index contributed by atoms with van der Waals surface area (Å²) < 4.78 is 5.80. The number of thiazole rings is 1. The van der Waals surface area contributed by atoms with Crippen LogP contribution in [0, 0.1) is 0 Å². The number of nitrogens with one attached hydrogen (secondary N) is 1. The largest absolute Gasteiger partial charge is 0.455 e. The number of aromatic nitrogens is 1. The maximum Gasteiger partial charge on any atom is 0.267 e. The van der Waals surface area contributed by atoms with E-state index in [1.165, 1.54) is 11.3 Å². The van der Waals surface area contributed by atoms with Crippen molar-refractivity contribution in [3.63, 3.8) is 0 Å². The van der Waals surface area contributed by atoms with E-state index >= 15 is 0 Å². The predicted molar refractivity (Wildman–Crippen MR) is 83.0 cm³/mol. The van der Waals surface area contributed by atoms with E-state index in [1.54, 1.807) is 17.8 Å². The molecule has 104 valence electrons. The van der Waals surface area contributed by atoms with Gasteiger partial charge in [-0.15, -0.1) is 11.3 Å². The second-order valence-electron chi connectivity index (χ2n) is 4.23. The minimum atomic E-state index is -0.193. The summed E-state index contributed by atoms with van der Waals surface area (Å²) in [5.74, 6) is 1.13. The third kappa shape index (κ3) is 3.27. The van der Waals surface area contributed by atoms with Crippen molar-refractivity contribution in [2.45, 2.75) is 0 Å². The summed E-state index contributed by atoms with van der Waals surface area (Å²) >= 11 is 1.30. The van der Waals surface area contributed by atoms with Crippen LogP contribution in [-0.4, -0.2) is 10.9 Å². The quantitative estimate of drug-likeness (QED) is 0.785. The van der Waals surface area contributed by atoms with Gasteiger partial charge in [0.2, 0.25) is 0 Å². The minimum Gasteiger partial charge on any atom is -0.455 e. The van der Waals surface area contributed by atoms with E-state index in [2.05, 4.69) is 10.3 Å². The van der Waals surface area contributed by atoms with Gasteiger partial charge in [-0.1, -0.05) is 30.3 Å². The second-order valence-corrected chi connectivity index (χ2v) is 5.12. The lowest BCUT2D eigenvalue weighted by Crippen LogP contribution is -2.10. The highest BCUT2D eigenvalue weighted by molar-refractivity contribution is 7.11. The smallest absolute Gasteiger partial charge is 0.267 e. The SMILES string of the molecule is O=C(Nc1ccccc1Oc1ccccc1)c1cncs1. The van der Waals surface area contributed by atoms with Gasteiger partial charge in [0, 0.05) is 0 Å². The van der Waals surface area contributed by atoms with Crippen molar-refractivity contribution in [2.24, 2.45) is 0 Å². The molecule has 3 rings (SSSR count). The van der Waals surface area contributed by atoms with E-state index in [0.29, 0.717) is 16.3 Å². The van der Waals surface area contributed by atoms with Crippen LogP contribution in [0.4, 0.5) is 5.69 Å². The van der Waals surface area contributed by atoms with Crippen LogP contribution in [0.5, 0.6) is 11.5 Å². The number of amides is 1. The maximum absolute atomic E-state index is 12.1. The van der Waals surface area contributed by atoms with Crippen LogP contribution in [0.25, 0.3) is 0 Å². The average Bonchev–Trinajstić information content (AvgIpc) is 3.05. The van der Waals surface area contributed by atoms with E-state index < -0.39 is 0 Å². The minimum absolute atomic E-state index is 0.193. The number of benzene rings is 2. The van der Waals surface area contributed by atoms with Crippen molar-refractivity contribution in [3.05, 3.63) is 71.2 Å². The number of ether oxygens (including phenoxy) is 1. The van der Waals surface area contributed by atoms with Crippen molar-refractivity contribution in [1.82, 2.24) is 4.98 Å². The normalized spacial score (nSPS) is 10.1. The molecule has 21 heavy (non-hydrogen) atoms. The maximum atomic E-state index is 12.1. The first-order valence-electron chi connectivity index (χ1n) is 6.35. The molecule has 0 aliphatic heterocycles. The Labute approximate surface area is 126 Å². The second kappa shape index (κ2) is 6.19. The molecule has 4 nitrogen and oxygen atoms in total. The van der Waals surface area contributed by atoms with E-state index in [1.807, 2.05) is 48.5 Å². The van der Waals surface area contributed by atoms with Crippen molar-refractivity contribution < 1.29 is 9.53 Å². The molecule has 0 fully saturated rings. The molecule has 0 atom stereocenters. The number of nitrogens with zero attached hydrogens (tertiary/aromatic N) is 1. The third-order valence-electron chi connectivity index (χ3n) is 2.76. The lowest BCUT2D eigenvalue weighted by Gasteiger charge is -2.11. The van der Waals surface area contributed by atoms with Crippen LogP contribution in [0.2, 0.25) is 0 Å². The fourth-order valence-corrected chi connectivity index (χ4v) is 2.30. The monoisotopic (exact) mass is 296 g/mol. The molecular weight excluding hydrogens is 284 g/mol. The molecule has 0 unspecified atom stereocenters. The van der Waals surface area contributed by atoms with E-state index in [9.17, 15) is 4.79 Å². The Bertz CT molecular complexity index is 727. The summed E-state index contributed by atoms with van der Waals surface area (Å²) in [5.41, 5.74) is 2.25. The van der Waals surface area contributed by atoms with Crippen LogP contribution in [0.15, 0.2) is 66.3 Å². The zero-order valence-electron chi connectivity index (χ0n) is 11.0. The van der Waals surface area contributed by atoms with E-state index in [-0.39, 0.29) is 5.91 Å². The van der Waals surface area contributed by atoms with Crippen molar-refractivity contribution in [2.75, 3.05) is 5.32 Å². The molecule has 0 spiro atoms. The van der Waals surface area contributed by atoms with Gasteiger partial charge in [0.1, 0.15) is 10.6 Å². The first kappa shape index (κ1) is 13.3. The van der Waals surface area contributed by atoms with E-state index in [0.717, 1.165) is 5.75 Å². The fourth-order valence-electron chi connectivity index (χ4n) is 1.79. The highest BCUT2D eigenvalue weighted by Crippen LogP contribution is 2.29. The number of hydrogen-bond acceptors (Lipinski definition) is 4. The Morgan fingerprint density at radius 2 is 1.81 bits per heavy atom. The van der Waals surface area contributed by atoms with Gasteiger partial charge in [-0.2, -0.15) is 0 Å². The Kier molecular flexibility index (Phi) is 3.93. The molecule has 1 amide bonds. The number of rotatable bonds is 4. The Hall–Kier alpha value is -2.66. The van der Waals surface area contributed by atoms with E-state index in [4.69, 9.17) is 4.74 Å². The van der Waals surface area contributed by atoms with Gasteiger partial charge in [0.05, 0.1) is 17.4 Å². The number of carbonyl (C=O) groups excluding carboxylic acids is 1. The molecular formula is C16H12N2O2S. The van der Waals surface area contributed by atoms with Gasteiger partial charge in [-0.05, 0) is 24.3 Å². The zero-order chi connectivity index (χ0) is 14.5. The summed E-state index contributed by atoms with van der Waals surface area (Å²) in [5, 5.41) is 2.84. The van der Waals surface area contributed by atoms with Crippen LogP contribution >= 0.6 is 11.3 Å². The van der Waals surface area contributed by atoms with Crippen LogP contribution in [-0.2, 0) is 0 Å². The van der Waals surface area contributed by atoms with Crippen molar-refractivity contribution >= 4 is 22.9 Å². The van der Waals surface area contributed by atoms with Crippen molar-refractivity contribution in [1.29, 1.82) is 0 Å². The standard InChI is InChI=1S/C16H12N2O2S/c19-16(15-10-17-11-21-15)18-13-8-4-5-9-14(13)20-12-6-2-1-3-7-12/h1-11H,(H,18,19). The van der Waals surface area contributed by atoms with Gasteiger partial charge < -0.3 is 10.1 Å². The van der Waals surface area contributed by atoms with Crippen LogP contribution in [0.3, 0.4) is 0 Å². The summed E-state index contributed by atoms with van der Waals surface area (Å²) in [7, 11) is 0. The molecule has 0 aliphatic rings. The van der Waals surface area contributed by atoms with Gasteiger partial charge in [-0.25, -0.2) is 0 Å². The van der Waals surface area contributed by atoms with Crippen LogP contribution in [0.1, 0.15) is 9.67 Å². The Morgan fingerprint density at radius 1 is 1.05 bits per heavy atom. The molecule has 0 radical (unpaired) electrons. The highest BCUT2D eigenvalue weighted by atomic mass is 32.1. The fraction of sp³-hybridized carbons (Fsp3) is 0. The molecule has 1 heterocycles. The van der Waals surface area contributed by atoms with Gasteiger partial charge in [0.15, 0.2) is 5.75 Å². The average molecular weight is 296 g/mol. The summed E-state index contributed by atoms with van der Waals surface area (Å²) in [6, 6.07) is 16.8. The topological polar surface area (TPSA) is 51.2 Å². The molecule has 1 N–H and O–H groups in total. The summed E-state index contributed by atoms with van der Waals surface area (Å²) in [4.78, 5) is 16.5. The summed E-state index contributed by atoms with van der Waals surface area (Å²) in [6.07, 6.45) is 1.54. The summed E-state index contributed by atoms with van der Waals surface area (Å²) in [6.45, 7) is 0. The van der Waals surface area contributed by atoms with Crippen molar-refractivity contribution in [3.8, 4) is 11.5 Å². The Morgan fingerprint density at radius 3 is 2.57 bits per heavy atom. The zero-order valence-corrected chi connectivity index (χ0v) is 11.8. The first-order chi connectivity index (χ1) is 10.3. The van der Waals surface area contributed by atoms with Crippen LogP contribution < -0.4 is 10.1 Å². The highest BCUT2D eigenvalue weighted by Gasteiger charge is 2.11.